The summed E-state index contributed by atoms with van der Waals surface area (Å²) in [6, 6.07) is 9.64. The van der Waals surface area contributed by atoms with Crippen molar-refractivity contribution in [2.24, 2.45) is 7.05 Å². The molecule has 3 atom stereocenters. The number of nitrogens with zero attached hydrogens (tertiary/aromatic N) is 4. The Morgan fingerprint density at radius 2 is 1.74 bits per heavy atom. The van der Waals surface area contributed by atoms with Crippen LogP contribution in [0.15, 0.2) is 58.5 Å². The van der Waals surface area contributed by atoms with Crippen LogP contribution in [-0.4, -0.2) is 58.2 Å². The van der Waals surface area contributed by atoms with Crippen LogP contribution in [-0.2, 0) is 26.2 Å². The minimum Gasteiger partial charge on any atom is -0.444 e. The van der Waals surface area contributed by atoms with Gasteiger partial charge in [0.1, 0.15) is 5.60 Å². The summed E-state index contributed by atoms with van der Waals surface area (Å²) in [6.45, 7) is 18.4. The van der Waals surface area contributed by atoms with Crippen molar-refractivity contribution in [3.8, 4) is 0 Å². The van der Waals surface area contributed by atoms with Gasteiger partial charge >= 0.3 is 11.8 Å². The third kappa shape index (κ3) is 6.04. The maximum Gasteiger partial charge on any atom is 0.408 e. The zero-order chi connectivity index (χ0) is 34.0. The highest BCUT2D eigenvalue weighted by molar-refractivity contribution is 7.90. The lowest BCUT2D eigenvalue weighted by Gasteiger charge is -2.49. The van der Waals surface area contributed by atoms with E-state index in [1.54, 1.807) is 58.8 Å². The SMILES string of the molecule is Cn1c(=O)n([C@H]2CC[C@@](C)(NC(=O)OC(C)(C)C)[C@H](O[Si](C)(C)C(C)(C)C)C2)c2c3ccn(S(=O)(=O)c4ccccc4)c3ncc21. The fourth-order valence-corrected chi connectivity index (χ4v) is 8.76. The van der Waals surface area contributed by atoms with Crippen LogP contribution in [0.3, 0.4) is 0 Å². The maximum atomic E-state index is 14.0. The van der Waals surface area contributed by atoms with Crippen molar-refractivity contribution in [3.05, 3.63) is 59.3 Å². The average Bonchev–Trinajstić information content (AvgIpc) is 3.48. The molecule has 0 aliphatic heterocycles. The standard InChI is InChI=1S/C33H47N5O6SSi/c1-31(2,3)43-29(39)35-33(7)18-16-22(20-26(33)44-46(9,10)32(4,5)6)38-27-24-17-19-37(45(41,42)23-14-12-11-13-15-23)28(24)34-21-25(27)36(8)30(38)40/h11-15,17,19,21-22,26H,16,18,20H2,1-10H3,(H,35,39)/t22-,26+,33+/m0/s1. The third-order valence-electron chi connectivity index (χ3n) is 9.62. The van der Waals surface area contributed by atoms with Gasteiger partial charge in [0.2, 0.25) is 0 Å². The molecule has 1 saturated carbocycles. The monoisotopic (exact) mass is 669 g/mol. The molecule has 13 heteroatoms. The largest absolute Gasteiger partial charge is 0.444 e. The summed E-state index contributed by atoms with van der Waals surface area (Å²) >= 11 is 0. The van der Waals surface area contributed by atoms with Crippen molar-refractivity contribution < 1.29 is 22.4 Å². The van der Waals surface area contributed by atoms with Gasteiger partial charge in [-0.05, 0) is 83.3 Å². The van der Waals surface area contributed by atoms with E-state index in [-0.39, 0.29) is 27.3 Å². The summed E-state index contributed by atoms with van der Waals surface area (Å²) in [6.07, 6.45) is 3.72. The molecule has 1 fully saturated rings. The van der Waals surface area contributed by atoms with E-state index >= 15 is 0 Å². The number of aryl methyl sites for hydroxylation is 1. The van der Waals surface area contributed by atoms with Crippen molar-refractivity contribution >= 4 is 46.5 Å². The lowest BCUT2D eigenvalue weighted by molar-refractivity contribution is 0.00459. The summed E-state index contributed by atoms with van der Waals surface area (Å²) in [4.78, 5) is 31.7. The molecule has 11 nitrogen and oxygen atoms in total. The van der Waals surface area contributed by atoms with E-state index in [0.29, 0.717) is 35.7 Å². The first-order valence-electron chi connectivity index (χ1n) is 15.7. The van der Waals surface area contributed by atoms with E-state index < -0.39 is 41.7 Å². The predicted molar refractivity (Wildman–Crippen MR) is 182 cm³/mol. The minimum atomic E-state index is -3.92. The fraction of sp³-hybridized carbons (Fsp3) is 0.545. The van der Waals surface area contributed by atoms with Crippen molar-refractivity contribution in [2.75, 3.05) is 0 Å². The van der Waals surface area contributed by atoms with Crippen LogP contribution in [0.1, 0.15) is 73.8 Å². The van der Waals surface area contributed by atoms with Crippen LogP contribution in [0.25, 0.3) is 22.1 Å². The van der Waals surface area contributed by atoms with Crippen molar-refractivity contribution in [3.63, 3.8) is 0 Å². The molecule has 1 amide bonds. The number of carbonyl (C=O) groups is 1. The van der Waals surface area contributed by atoms with Gasteiger partial charge in [-0.3, -0.25) is 9.13 Å². The Labute approximate surface area is 272 Å². The number of aromatic nitrogens is 4. The number of hydrogen-bond acceptors (Lipinski definition) is 7. The molecule has 250 valence electrons. The molecule has 3 aromatic heterocycles. The topological polar surface area (TPSA) is 126 Å². The number of pyridine rings is 1. The van der Waals surface area contributed by atoms with Crippen molar-refractivity contribution in [1.82, 2.24) is 23.4 Å². The molecule has 4 aromatic rings. The smallest absolute Gasteiger partial charge is 0.408 e. The third-order valence-corrected chi connectivity index (χ3v) is 15.8. The number of alkyl carbamates (subject to hydrolysis) is 1. The van der Waals surface area contributed by atoms with Crippen molar-refractivity contribution in [2.45, 2.75) is 114 Å². The molecule has 46 heavy (non-hydrogen) atoms. The van der Waals surface area contributed by atoms with Crippen molar-refractivity contribution in [1.29, 1.82) is 0 Å². The van der Waals surface area contributed by atoms with Crippen LogP contribution in [0.5, 0.6) is 0 Å². The first kappa shape index (κ1) is 33.9. The number of imidazole rings is 1. The second-order valence-electron chi connectivity index (χ2n) is 15.2. The summed E-state index contributed by atoms with van der Waals surface area (Å²) in [5, 5.41) is 3.61. The Balaban J connectivity index is 1.61. The molecule has 0 radical (unpaired) electrons. The fourth-order valence-electron chi connectivity index (χ4n) is 6.01. The second kappa shape index (κ2) is 11.4. The van der Waals surface area contributed by atoms with Crippen LogP contribution in [0, 0.1) is 0 Å². The lowest BCUT2D eigenvalue weighted by atomic mass is 9.78. The number of nitrogens with one attached hydrogen (secondary N) is 1. The Morgan fingerprint density at radius 1 is 1.09 bits per heavy atom. The van der Waals surface area contributed by atoms with Gasteiger partial charge in [-0.2, -0.15) is 0 Å². The molecular formula is C33H47N5O6SSi. The molecule has 1 aliphatic carbocycles. The summed E-state index contributed by atoms with van der Waals surface area (Å²) < 4.78 is 44.4. The predicted octanol–water partition coefficient (Wildman–Crippen LogP) is 6.33. The van der Waals surface area contributed by atoms with Gasteiger partial charge in [0.25, 0.3) is 10.0 Å². The van der Waals surface area contributed by atoms with E-state index in [1.807, 2.05) is 27.7 Å². The van der Waals surface area contributed by atoms with Crippen LogP contribution in [0.4, 0.5) is 4.79 Å². The first-order valence-corrected chi connectivity index (χ1v) is 20.1. The molecule has 0 saturated heterocycles. The van der Waals surface area contributed by atoms with Crippen LogP contribution >= 0.6 is 0 Å². The number of benzene rings is 1. The molecule has 3 heterocycles. The van der Waals surface area contributed by atoms with Gasteiger partial charge in [-0.1, -0.05) is 39.0 Å². The quantitative estimate of drug-likeness (QED) is 0.238. The molecule has 1 aromatic carbocycles. The van der Waals surface area contributed by atoms with Gasteiger partial charge in [-0.15, -0.1) is 0 Å². The molecule has 0 unspecified atom stereocenters. The van der Waals surface area contributed by atoms with Gasteiger partial charge in [0.15, 0.2) is 14.0 Å². The molecular weight excluding hydrogens is 623 g/mol. The molecule has 5 rings (SSSR count). The normalized spacial score (nSPS) is 21.5. The second-order valence-corrected chi connectivity index (χ2v) is 21.8. The molecule has 1 aliphatic rings. The zero-order valence-electron chi connectivity index (χ0n) is 28.5. The number of carbonyl (C=O) groups excluding carboxylic acids is 1. The van der Waals surface area contributed by atoms with E-state index in [9.17, 15) is 18.0 Å². The van der Waals surface area contributed by atoms with E-state index in [4.69, 9.17) is 9.16 Å². The van der Waals surface area contributed by atoms with Gasteiger partial charge < -0.3 is 14.5 Å². The number of ether oxygens (including phenoxy) is 1. The molecule has 1 N–H and O–H groups in total. The Morgan fingerprint density at radius 3 is 2.35 bits per heavy atom. The van der Waals surface area contributed by atoms with Gasteiger partial charge in [-0.25, -0.2) is 27.0 Å². The summed E-state index contributed by atoms with van der Waals surface area (Å²) in [7, 11) is -4.55. The molecule has 0 bridgehead atoms. The van der Waals surface area contributed by atoms with Gasteiger partial charge in [0.05, 0.1) is 33.8 Å². The lowest BCUT2D eigenvalue weighted by Crippen LogP contribution is -2.62. The highest BCUT2D eigenvalue weighted by Crippen LogP contribution is 2.44. The zero-order valence-corrected chi connectivity index (χ0v) is 30.4. The number of rotatable bonds is 6. The Hall–Kier alpha value is -3.42. The highest BCUT2D eigenvalue weighted by atomic mass is 32.2. The highest BCUT2D eigenvalue weighted by Gasteiger charge is 2.49. The Kier molecular flexibility index (Phi) is 8.39. The number of amides is 1. The minimum absolute atomic E-state index is 0.0892. The first-order chi connectivity index (χ1) is 21.2. The summed E-state index contributed by atoms with van der Waals surface area (Å²) in [5.41, 5.74) is -0.145. The van der Waals surface area contributed by atoms with Crippen LogP contribution in [0.2, 0.25) is 18.1 Å². The summed E-state index contributed by atoms with van der Waals surface area (Å²) in [5.74, 6) is 0. The number of fused-ring (bicyclic) bond motifs is 3. The molecule has 0 spiro atoms. The van der Waals surface area contributed by atoms with Gasteiger partial charge in [0, 0.05) is 24.7 Å². The Bertz CT molecular complexity index is 1950. The van der Waals surface area contributed by atoms with E-state index in [0.717, 1.165) is 0 Å². The van der Waals surface area contributed by atoms with Crippen LogP contribution < -0.4 is 11.0 Å². The maximum absolute atomic E-state index is 14.0. The van der Waals surface area contributed by atoms with E-state index in [1.165, 1.54) is 10.2 Å². The van der Waals surface area contributed by atoms with E-state index in [2.05, 4.69) is 44.2 Å². The average molecular weight is 670 g/mol. The number of hydrogen-bond donors (Lipinski definition) is 1.